The minimum atomic E-state index is -0.175. The summed E-state index contributed by atoms with van der Waals surface area (Å²) in [5, 5.41) is 3.19. The number of hydrogen-bond acceptors (Lipinski definition) is 1. The SMILES string of the molecule is CCNCC=Cc1ccc(F)cc1C. The Morgan fingerprint density at radius 2 is 2.21 bits per heavy atom. The van der Waals surface area contributed by atoms with Crippen molar-refractivity contribution in [2.75, 3.05) is 13.1 Å². The van der Waals surface area contributed by atoms with Crippen molar-refractivity contribution in [2.45, 2.75) is 13.8 Å². The van der Waals surface area contributed by atoms with E-state index in [4.69, 9.17) is 0 Å². The Labute approximate surface area is 84.6 Å². The second-order valence-electron chi connectivity index (χ2n) is 3.21. The molecule has 0 radical (unpaired) electrons. The molecule has 0 fully saturated rings. The third kappa shape index (κ3) is 3.30. The van der Waals surface area contributed by atoms with E-state index < -0.39 is 0 Å². The lowest BCUT2D eigenvalue weighted by molar-refractivity contribution is 0.626. The van der Waals surface area contributed by atoms with Crippen molar-refractivity contribution < 1.29 is 4.39 Å². The first-order chi connectivity index (χ1) is 6.74. The third-order valence-electron chi connectivity index (χ3n) is 2.04. The lowest BCUT2D eigenvalue weighted by Crippen LogP contribution is -2.11. The molecule has 0 bridgehead atoms. The minimum Gasteiger partial charge on any atom is -0.314 e. The van der Waals surface area contributed by atoms with E-state index >= 15 is 0 Å². The summed E-state index contributed by atoms with van der Waals surface area (Å²) in [5.41, 5.74) is 2.04. The Morgan fingerprint density at radius 1 is 1.43 bits per heavy atom. The Balaban J connectivity index is 2.62. The first-order valence-electron chi connectivity index (χ1n) is 4.87. The van der Waals surface area contributed by atoms with E-state index in [0.29, 0.717) is 0 Å². The van der Waals surface area contributed by atoms with Crippen molar-refractivity contribution in [3.05, 3.63) is 41.2 Å². The van der Waals surface area contributed by atoms with Gasteiger partial charge in [0.1, 0.15) is 5.82 Å². The number of benzene rings is 1. The van der Waals surface area contributed by atoms with Gasteiger partial charge >= 0.3 is 0 Å². The van der Waals surface area contributed by atoms with Crippen LogP contribution in [0.2, 0.25) is 0 Å². The highest BCUT2D eigenvalue weighted by Gasteiger charge is 1.95. The Kier molecular flexibility index (Phi) is 4.33. The fourth-order valence-corrected chi connectivity index (χ4v) is 1.24. The number of likely N-dealkylation sites (N-methyl/N-ethyl adjacent to an activating group) is 1. The number of halogens is 1. The van der Waals surface area contributed by atoms with Gasteiger partial charge in [-0.3, -0.25) is 0 Å². The van der Waals surface area contributed by atoms with Crippen LogP contribution in [0.3, 0.4) is 0 Å². The molecule has 0 aliphatic heterocycles. The maximum atomic E-state index is 12.8. The van der Waals surface area contributed by atoms with Crippen molar-refractivity contribution in [1.82, 2.24) is 5.32 Å². The van der Waals surface area contributed by atoms with E-state index in [2.05, 4.69) is 12.2 Å². The highest BCUT2D eigenvalue weighted by atomic mass is 19.1. The maximum absolute atomic E-state index is 12.8. The summed E-state index contributed by atoms with van der Waals surface area (Å²) in [4.78, 5) is 0. The quantitative estimate of drug-likeness (QED) is 0.725. The smallest absolute Gasteiger partial charge is 0.123 e. The fourth-order valence-electron chi connectivity index (χ4n) is 1.24. The third-order valence-corrected chi connectivity index (χ3v) is 2.04. The zero-order valence-electron chi connectivity index (χ0n) is 8.68. The van der Waals surface area contributed by atoms with Crippen LogP contribution in [-0.4, -0.2) is 13.1 Å². The first-order valence-corrected chi connectivity index (χ1v) is 4.87. The molecule has 76 valence electrons. The van der Waals surface area contributed by atoms with Gasteiger partial charge in [-0.15, -0.1) is 0 Å². The van der Waals surface area contributed by atoms with Gasteiger partial charge in [-0.2, -0.15) is 0 Å². The van der Waals surface area contributed by atoms with E-state index in [-0.39, 0.29) is 5.82 Å². The summed E-state index contributed by atoms with van der Waals surface area (Å²) in [6.45, 7) is 5.80. The average Bonchev–Trinajstić information content (AvgIpc) is 2.15. The van der Waals surface area contributed by atoms with Crippen LogP contribution in [0.25, 0.3) is 6.08 Å². The summed E-state index contributed by atoms with van der Waals surface area (Å²) in [6, 6.07) is 4.83. The molecule has 1 nitrogen and oxygen atoms in total. The van der Waals surface area contributed by atoms with Crippen molar-refractivity contribution in [2.24, 2.45) is 0 Å². The summed E-state index contributed by atoms with van der Waals surface area (Å²) in [5.74, 6) is -0.175. The monoisotopic (exact) mass is 193 g/mol. The average molecular weight is 193 g/mol. The van der Waals surface area contributed by atoms with Crippen LogP contribution in [0.1, 0.15) is 18.1 Å². The van der Waals surface area contributed by atoms with Crippen LogP contribution in [0.4, 0.5) is 4.39 Å². The molecule has 0 aliphatic carbocycles. The number of hydrogen-bond donors (Lipinski definition) is 1. The molecule has 0 amide bonds. The predicted octanol–water partition coefficient (Wildman–Crippen LogP) is 2.76. The second-order valence-corrected chi connectivity index (χ2v) is 3.21. The second kappa shape index (κ2) is 5.55. The number of rotatable bonds is 4. The molecule has 0 aliphatic rings. The minimum absolute atomic E-state index is 0.175. The fraction of sp³-hybridized carbons (Fsp3) is 0.333. The van der Waals surface area contributed by atoms with E-state index in [1.54, 1.807) is 12.1 Å². The van der Waals surface area contributed by atoms with Crippen molar-refractivity contribution in [1.29, 1.82) is 0 Å². The van der Waals surface area contributed by atoms with E-state index in [9.17, 15) is 4.39 Å². The largest absolute Gasteiger partial charge is 0.314 e. The molecule has 0 saturated carbocycles. The highest BCUT2D eigenvalue weighted by molar-refractivity contribution is 5.53. The molecule has 0 spiro atoms. The van der Waals surface area contributed by atoms with Gasteiger partial charge in [0.25, 0.3) is 0 Å². The standard InChI is InChI=1S/C12H16FN/c1-3-14-8-4-5-11-6-7-12(13)9-10(11)2/h4-7,9,14H,3,8H2,1-2H3. The van der Waals surface area contributed by atoms with Crippen molar-refractivity contribution in [3.8, 4) is 0 Å². The highest BCUT2D eigenvalue weighted by Crippen LogP contribution is 2.11. The molecule has 0 aromatic heterocycles. The van der Waals surface area contributed by atoms with Gasteiger partial charge in [-0.25, -0.2) is 4.39 Å². The molecule has 0 heterocycles. The van der Waals surface area contributed by atoms with Gasteiger partial charge in [0.05, 0.1) is 0 Å². The van der Waals surface area contributed by atoms with Crippen LogP contribution in [0, 0.1) is 12.7 Å². The van der Waals surface area contributed by atoms with E-state index in [1.807, 2.05) is 19.1 Å². The molecule has 1 rings (SSSR count). The number of nitrogens with one attached hydrogen (secondary N) is 1. The lowest BCUT2D eigenvalue weighted by Gasteiger charge is -2.00. The van der Waals surface area contributed by atoms with Gasteiger partial charge in [0.15, 0.2) is 0 Å². The van der Waals surface area contributed by atoms with Crippen molar-refractivity contribution >= 4 is 6.08 Å². The Morgan fingerprint density at radius 3 is 2.86 bits per heavy atom. The summed E-state index contributed by atoms with van der Waals surface area (Å²) in [7, 11) is 0. The first kappa shape index (κ1) is 10.9. The zero-order valence-corrected chi connectivity index (χ0v) is 8.68. The molecule has 1 aromatic carbocycles. The van der Waals surface area contributed by atoms with Crippen LogP contribution in [-0.2, 0) is 0 Å². The molecule has 2 heteroatoms. The van der Waals surface area contributed by atoms with Gasteiger partial charge in [0, 0.05) is 6.54 Å². The maximum Gasteiger partial charge on any atom is 0.123 e. The molecular formula is C12H16FN. The summed E-state index contributed by atoms with van der Waals surface area (Å²) in [6.07, 6.45) is 4.06. The molecular weight excluding hydrogens is 177 g/mol. The van der Waals surface area contributed by atoms with Crippen LogP contribution in [0.5, 0.6) is 0 Å². The lowest BCUT2D eigenvalue weighted by atomic mass is 10.1. The summed E-state index contributed by atoms with van der Waals surface area (Å²) >= 11 is 0. The van der Waals surface area contributed by atoms with Gasteiger partial charge < -0.3 is 5.32 Å². The molecule has 0 unspecified atom stereocenters. The predicted molar refractivity (Wildman–Crippen MR) is 58.7 cm³/mol. The van der Waals surface area contributed by atoms with Gasteiger partial charge in [0.2, 0.25) is 0 Å². The normalized spacial score (nSPS) is 11.1. The van der Waals surface area contributed by atoms with Crippen LogP contribution in [0.15, 0.2) is 24.3 Å². The Bertz CT molecular complexity index is 318. The molecule has 1 aromatic rings. The van der Waals surface area contributed by atoms with E-state index in [0.717, 1.165) is 24.2 Å². The zero-order chi connectivity index (χ0) is 10.4. The molecule has 1 N–H and O–H groups in total. The Hall–Kier alpha value is -1.15. The topological polar surface area (TPSA) is 12.0 Å². The van der Waals surface area contributed by atoms with Crippen LogP contribution >= 0.6 is 0 Å². The molecule has 0 atom stereocenters. The number of aryl methyl sites for hydroxylation is 1. The molecule has 14 heavy (non-hydrogen) atoms. The summed E-state index contributed by atoms with van der Waals surface area (Å²) < 4.78 is 12.8. The van der Waals surface area contributed by atoms with Crippen LogP contribution < -0.4 is 5.32 Å². The van der Waals surface area contributed by atoms with Gasteiger partial charge in [-0.05, 0) is 36.7 Å². The van der Waals surface area contributed by atoms with Gasteiger partial charge in [-0.1, -0.05) is 25.1 Å². The molecule has 0 saturated heterocycles. The van der Waals surface area contributed by atoms with E-state index in [1.165, 1.54) is 6.07 Å². The van der Waals surface area contributed by atoms with Crippen molar-refractivity contribution in [3.63, 3.8) is 0 Å².